The van der Waals surface area contributed by atoms with Crippen molar-refractivity contribution in [2.45, 2.75) is 82.7 Å². The molecule has 10 heteroatoms. The van der Waals surface area contributed by atoms with Gasteiger partial charge in [-0.05, 0) is 62.1 Å². The summed E-state index contributed by atoms with van der Waals surface area (Å²) < 4.78 is 0. The Hall–Kier alpha value is -4.80. The molecule has 0 radical (unpaired) electrons. The number of nitrogens with one attached hydrogen (secondary N) is 2. The van der Waals surface area contributed by atoms with Crippen molar-refractivity contribution in [2.75, 3.05) is 26.2 Å². The number of unbranched alkanes of at least 4 members (excludes halogenated alkanes) is 8. The first kappa shape index (κ1) is 39.0. The van der Waals surface area contributed by atoms with E-state index in [1.54, 1.807) is 46.5 Å². The molecule has 4 amide bonds. The van der Waals surface area contributed by atoms with Crippen LogP contribution in [0.25, 0.3) is 0 Å². The minimum absolute atomic E-state index is 0.0138. The average molecular weight is 695 g/mol. The second-order valence-electron chi connectivity index (χ2n) is 13.2. The van der Waals surface area contributed by atoms with Gasteiger partial charge in [0, 0.05) is 36.6 Å². The van der Waals surface area contributed by atoms with Gasteiger partial charge in [-0.15, -0.1) is 0 Å². The number of rotatable bonds is 22. The Morgan fingerprint density at radius 3 is 1.22 bits per heavy atom. The van der Waals surface area contributed by atoms with E-state index in [9.17, 15) is 19.2 Å². The summed E-state index contributed by atoms with van der Waals surface area (Å²) in [6.07, 6.45) is 21.2. The van der Waals surface area contributed by atoms with Crippen molar-refractivity contribution < 1.29 is 19.2 Å². The van der Waals surface area contributed by atoms with Crippen LogP contribution in [-0.4, -0.2) is 71.7 Å². The molecule has 0 saturated carbocycles. The summed E-state index contributed by atoms with van der Waals surface area (Å²) in [6, 6.07) is 19.3. The minimum atomic E-state index is -0.489. The Morgan fingerprint density at radius 2 is 0.902 bits per heavy atom. The second kappa shape index (κ2) is 21.4. The Balaban J connectivity index is 1.09. The zero-order valence-corrected chi connectivity index (χ0v) is 29.7. The molecule has 2 unspecified atom stereocenters. The van der Waals surface area contributed by atoms with Crippen LogP contribution in [0.1, 0.15) is 68.9 Å². The van der Waals surface area contributed by atoms with Gasteiger partial charge in [-0.2, -0.15) is 0 Å². The summed E-state index contributed by atoms with van der Waals surface area (Å²) in [4.78, 5) is 52.9. The van der Waals surface area contributed by atoms with Crippen molar-refractivity contribution in [3.8, 4) is 0 Å². The third kappa shape index (κ3) is 13.4. The van der Waals surface area contributed by atoms with E-state index in [-0.39, 0.29) is 23.9 Å². The fourth-order valence-electron chi connectivity index (χ4n) is 6.32. The zero-order valence-electron chi connectivity index (χ0n) is 29.7. The van der Waals surface area contributed by atoms with Gasteiger partial charge < -0.3 is 31.9 Å². The van der Waals surface area contributed by atoms with Crippen molar-refractivity contribution in [1.29, 1.82) is 0 Å². The van der Waals surface area contributed by atoms with Gasteiger partial charge in [0.2, 0.25) is 23.6 Å². The molecule has 0 saturated heterocycles. The van der Waals surface area contributed by atoms with E-state index in [1.807, 2.05) is 60.7 Å². The van der Waals surface area contributed by atoms with Crippen molar-refractivity contribution in [2.24, 2.45) is 11.5 Å². The molecule has 4 rings (SSSR count). The normalized spacial score (nSPS) is 15.2. The number of amides is 4. The molecule has 272 valence electrons. The molecule has 10 nitrogen and oxygen atoms in total. The van der Waals surface area contributed by atoms with Crippen molar-refractivity contribution in [1.82, 2.24) is 20.4 Å². The van der Waals surface area contributed by atoms with E-state index in [2.05, 4.69) is 10.6 Å². The number of nitrogens with zero attached hydrogens (tertiary/aromatic N) is 2. The molecule has 2 aromatic rings. The van der Waals surface area contributed by atoms with E-state index >= 15 is 0 Å². The van der Waals surface area contributed by atoms with Gasteiger partial charge in [0.25, 0.3) is 0 Å². The lowest BCUT2D eigenvalue weighted by Gasteiger charge is -2.26. The average Bonchev–Trinajstić information content (AvgIpc) is 3.16. The SMILES string of the molecule is NC(=O)C1=CCN(C(=O)C(Cc2ccccc2)NCCCCCCCCCCCNC(Cc2ccccc2)C(=O)N2C=CC(C(N)=O)=CC2)C=C1. The molecule has 2 atom stereocenters. The maximum Gasteiger partial charge on any atom is 0.248 e. The van der Waals surface area contributed by atoms with Crippen LogP contribution in [0.5, 0.6) is 0 Å². The van der Waals surface area contributed by atoms with Crippen LogP contribution in [0.2, 0.25) is 0 Å². The quantitative estimate of drug-likeness (QED) is 0.134. The molecule has 2 aliphatic rings. The molecular weight excluding hydrogens is 640 g/mol. The molecule has 2 aliphatic heterocycles. The Kier molecular flexibility index (Phi) is 16.4. The lowest BCUT2D eigenvalue weighted by molar-refractivity contribution is -0.131. The topological polar surface area (TPSA) is 151 Å². The van der Waals surface area contributed by atoms with Crippen molar-refractivity contribution in [3.63, 3.8) is 0 Å². The van der Waals surface area contributed by atoms with Crippen LogP contribution in [0, 0.1) is 0 Å². The van der Waals surface area contributed by atoms with Crippen LogP contribution in [0.3, 0.4) is 0 Å². The van der Waals surface area contributed by atoms with Gasteiger partial charge in [0.15, 0.2) is 0 Å². The molecule has 0 spiro atoms. The lowest BCUT2D eigenvalue weighted by Crippen LogP contribution is -2.46. The number of benzene rings is 2. The van der Waals surface area contributed by atoms with E-state index < -0.39 is 11.8 Å². The monoisotopic (exact) mass is 694 g/mol. The highest BCUT2D eigenvalue weighted by Gasteiger charge is 2.25. The largest absolute Gasteiger partial charge is 0.366 e. The first-order valence-electron chi connectivity index (χ1n) is 18.3. The van der Waals surface area contributed by atoms with E-state index in [1.165, 1.54) is 32.1 Å². The summed E-state index contributed by atoms with van der Waals surface area (Å²) >= 11 is 0. The van der Waals surface area contributed by atoms with Gasteiger partial charge in [0.1, 0.15) is 0 Å². The highest BCUT2D eigenvalue weighted by atomic mass is 16.2. The molecule has 2 heterocycles. The molecule has 2 aromatic carbocycles. The van der Waals surface area contributed by atoms with Gasteiger partial charge in [-0.1, -0.05) is 118 Å². The summed E-state index contributed by atoms with van der Waals surface area (Å²) in [5.41, 5.74) is 13.8. The number of nitrogens with two attached hydrogens (primary N) is 2. The van der Waals surface area contributed by atoms with Gasteiger partial charge in [0.05, 0.1) is 12.1 Å². The molecule has 0 aromatic heterocycles. The molecule has 0 bridgehead atoms. The van der Waals surface area contributed by atoms with Gasteiger partial charge in [-0.3, -0.25) is 19.2 Å². The van der Waals surface area contributed by atoms with Crippen LogP contribution in [-0.2, 0) is 32.0 Å². The number of hydrogen-bond donors (Lipinski definition) is 4. The predicted octanol–water partition coefficient (Wildman–Crippen LogP) is 4.43. The Labute approximate surface area is 302 Å². The highest BCUT2D eigenvalue weighted by Crippen LogP contribution is 2.15. The maximum atomic E-state index is 13.4. The van der Waals surface area contributed by atoms with E-state index in [4.69, 9.17) is 11.5 Å². The standard InChI is InChI=1S/C41H54N6O4/c42-38(48)34-20-26-46(27-21-34)40(50)36(30-32-16-10-8-11-17-32)44-24-14-6-4-2-1-3-5-7-15-25-45-37(31-33-18-12-9-13-19-33)41(51)47-28-22-35(23-29-47)39(43)49/h8-13,16-23,26,28,36-37,44-45H,1-7,14-15,24-25,27,29-31H2,(H2,42,48)(H2,43,49). The first-order valence-corrected chi connectivity index (χ1v) is 18.3. The number of primary amides is 2. The fourth-order valence-corrected chi connectivity index (χ4v) is 6.32. The molecule has 0 aliphatic carbocycles. The number of carbonyl (C=O) groups excluding carboxylic acids is 4. The van der Waals surface area contributed by atoms with Crippen LogP contribution >= 0.6 is 0 Å². The van der Waals surface area contributed by atoms with Crippen LogP contribution < -0.4 is 22.1 Å². The Bertz CT molecular complexity index is 1440. The molecule has 51 heavy (non-hydrogen) atoms. The summed E-state index contributed by atoms with van der Waals surface area (Å²) in [6.45, 7) is 2.20. The third-order valence-corrected chi connectivity index (χ3v) is 9.32. The van der Waals surface area contributed by atoms with E-state index in [0.717, 1.165) is 49.9 Å². The Morgan fingerprint density at radius 1 is 0.549 bits per heavy atom. The smallest absolute Gasteiger partial charge is 0.248 e. The summed E-state index contributed by atoms with van der Waals surface area (Å²) in [5, 5.41) is 6.99. The predicted molar refractivity (Wildman–Crippen MR) is 202 cm³/mol. The third-order valence-electron chi connectivity index (χ3n) is 9.32. The van der Waals surface area contributed by atoms with Crippen LogP contribution in [0.4, 0.5) is 0 Å². The van der Waals surface area contributed by atoms with Crippen molar-refractivity contribution in [3.05, 3.63) is 120 Å². The highest BCUT2D eigenvalue weighted by molar-refractivity contribution is 5.96. The number of hydrogen-bond acceptors (Lipinski definition) is 6. The lowest BCUT2D eigenvalue weighted by atomic mass is 10.0. The fraction of sp³-hybridized carbons (Fsp3) is 0.415. The van der Waals surface area contributed by atoms with Crippen LogP contribution in [0.15, 0.2) is 109 Å². The first-order chi connectivity index (χ1) is 24.8. The number of carbonyl (C=O) groups is 4. The van der Waals surface area contributed by atoms with Crippen molar-refractivity contribution >= 4 is 23.6 Å². The summed E-state index contributed by atoms with van der Waals surface area (Å²) in [5.74, 6) is -1.01. The van der Waals surface area contributed by atoms with Gasteiger partial charge >= 0.3 is 0 Å². The summed E-state index contributed by atoms with van der Waals surface area (Å²) in [7, 11) is 0. The zero-order chi connectivity index (χ0) is 36.3. The maximum absolute atomic E-state index is 13.4. The molecular formula is C41H54N6O4. The minimum Gasteiger partial charge on any atom is -0.366 e. The second-order valence-corrected chi connectivity index (χ2v) is 13.2. The van der Waals surface area contributed by atoms with E-state index in [0.29, 0.717) is 37.1 Å². The van der Waals surface area contributed by atoms with Gasteiger partial charge in [-0.25, -0.2) is 0 Å². The molecule has 0 fully saturated rings. The molecule has 6 N–H and O–H groups in total.